The predicted molar refractivity (Wildman–Crippen MR) is 180 cm³/mol. The third kappa shape index (κ3) is 8.45. The van der Waals surface area contributed by atoms with Crippen LogP contribution in [-0.2, 0) is 19.1 Å². The molecule has 49 heavy (non-hydrogen) atoms. The molecular weight excluding hydrogens is 630 g/mol. The number of hydrogen-bond acceptors (Lipinski definition) is 8. The highest BCUT2D eigenvalue weighted by Gasteiger charge is 2.32. The lowest BCUT2D eigenvalue weighted by atomic mass is 9.99. The van der Waals surface area contributed by atoms with Gasteiger partial charge in [0, 0.05) is 50.6 Å². The Morgan fingerprint density at radius 1 is 0.959 bits per heavy atom. The molecule has 2 aliphatic heterocycles. The van der Waals surface area contributed by atoms with E-state index < -0.39 is 29.9 Å². The molecule has 0 bridgehead atoms. The molecule has 2 aromatic carbocycles. The molecule has 5 rings (SSSR count). The quantitative estimate of drug-likeness (QED) is 0.308. The van der Waals surface area contributed by atoms with E-state index in [0.717, 1.165) is 18.4 Å². The van der Waals surface area contributed by atoms with Crippen LogP contribution in [-0.4, -0.2) is 107 Å². The Morgan fingerprint density at radius 3 is 2.41 bits per heavy atom. The van der Waals surface area contributed by atoms with Gasteiger partial charge in [0.25, 0.3) is 11.8 Å². The molecule has 13 heteroatoms. The molecule has 13 nitrogen and oxygen atoms in total. The summed E-state index contributed by atoms with van der Waals surface area (Å²) < 4.78 is 11.1. The normalized spacial score (nSPS) is 16.7. The van der Waals surface area contributed by atoms with Gasteiger partial charge in [-0.3, -0.25) is 19.2 Å². The molecule has 3 heterocycles. The monoisotopic (exact) mass is 673 g/mol. The van der Waals surface area contributed by atoms with Crippen molar-refractivity contribution in [2.45, 2.75) is 58.5 Å². The number of likely N-dealkylation sites (tertiary alicyclic amines) is 1. The number of aliphatic carboxylic acids is 1. The largest absolute Gasteiger partial charge is 0.483 e. The van der Waals surface area contributed by atoms with Crippen LogP contribution >= 0.6 is 0 Å². The van der Waals surface area contributed by atoms with Crippen molar-refractivity contribution < 1.29 is 38.6 Å². The number of para-hydroxylation sites is 1. The molecule has 0 saturated carbocycles. The van der Waals surface area contributed by atoms with Crippen molar-refractivity contribution >= 4 is 40.7 Å². The lowest BCUT2D eigenvalue weighted by molar-refractivity contribution is -0.138. The van der Waals surface area contributed by atoms with Crippen molar-refractivity contribution in [3.05, 3.63) is 70.9 Å². The molecule has 0 spiro atoms. The maximum absolute atomic E-state index is 13.6. The Labute approximate surface area is 285 Å². The fourth-order valence-electron chi connectivity index (χ4n) is 6.29. The topological polar surface area (TPSA) is 159 Å². The zero-order valence-corrected chi connectivity index (χ0v) is 28.1. The molecule has 0 radical (unpaired) electrons. The average Bonchev–Trinajstić information content (AvgIpc) is 3.60. The number of aromatic nitrogens is 1. The smallest absolute Gasteiger partial charge is 0.409 e. The Hall–Kier alpha value is -5.20. The number of carbonyl (C=O) groups is 5. The van der Waals surface area contributed by atoms with Gasteiger partial charge in [0.1, 0.15) is 17.5 Å². The van der Waals surface area contributed by atoms with Crippen LogP contribution in [0.15, 0.2) is 48.5 Å². The first-order chi connectivity index (χ1) is 23.5. The van der Waals surface area contributed by atoms with Crippen LogP contribution in [0.1, 0.15) is 65.8 Å². The number of fused-ring (bicyclic) bond motifs is 1. The highest BCUT2D eigenvalue weighted by molar-refractivity contribution is 5.99. The van der Waals surface area contributed by atoms with Gasteiger partial charge < -0.3 is 34.6 Å². The van der Waals surface area contributed by atoms with Crippen molar-refractivity contribution in [2.75, 3.05) is 45.9 Å². The number of carboxylic acid groups (broad SMARTS) is 1. The molecule has 4 amide bonds. The van der Waals surface area contributed by atoms with Crippen molar-refractivity contribution in [1.82, 2.24) is 25.0 Å². The zero-order valence-electron chi connectivity index (χ0n) is 28.1. The number of piperazine rings is 1. The molecule has 2 fully saturated rings. The highest BCUT2D eigenvalue weighted by Crippen LogP contribution is 2.33. The van der Waals surface area contributed by atoms with Gasteiger partial charge >= 0.3 is 12.1 Å². The Morgan fingerprint density at radius 2 is 1.69 bits per heavy atom. The van der Waals surface area contributed by atoms with Gasteiger partial charge in [-0.15, -0.1) is 0 Å². The Balaban J connectivity index is 1.30. The molecule has 2 N–H and O–H groups in total. The summed E-state index contributed by atoms with van der Waals surface area (Å²) in [6.07, 6.45) is 0.796. The van der Waals surface area contributed by atoms with Gasteiger partial charge in [-0.05, 0) is 68.9 Å². The molecule has 3 aromatic rings. The summed E-state index contributed by atoms with van der Waals surface area (Å²) in [6, 6.07) is 13.6. The van der Waals surface area contributed by atoms with Gasteiger partial charge in [0.15, 0.2) is 6.61 Å². The lowest BCUT2D eigenvalue weighted by Gasteiger charge is -2.35. The summed E-state index contributed by atoms with van der Waals surface area (Å²) in [4.78, 5) is 73.5. The van der Waals surface area contributed by atoms with Crippen LogP contribution in [0.4, 0.5) is 4.79 Å². The van der Waals surface area contributed by atoms with Crippen LogP contribution in [0, 0.1) is 13.8 Å². The molecule has 260 valence electrons. The number of rotatable bonds is 11. The number of aryl methyl sites for hydroxylation is 2. The van der Waals surface area contributed by atoms with Gasteiger partial charge in [-0.1, -0.05) is 30.3 Å². The minimum absolute atomic E-state index is 0.0423. The maximum atomic E-state index is 13.6. The van der Waals surface area contributed by atoms with Crippen molar-refractivity contribution in [1.29, 1.82) is 0 Å². The van der Waals surface area contributed by atoms with E-state index in [0.29, 0.717) is 17.4 Å². The summed E-state index contributed by atoms with van der Waals surface area (Å²) in [5.74, 6) is -2.14. The summed E-state index contributed by atoms with van der Waals surface area (Å²) in [7, 11) is 0. The minimum atomic E-state index is -1.14. The van der Waals surface area contributed by atoms with E-state index in [4.69, 9.17) is 9.47 Å². The maximum Gasteiger partial charge on any atom is 0.409 e. The van der Waals surface area contributed by atoms with E-state index in [9.17, 15) is 29.1 Å². The summed E-state index contributed by atoms with van der Waals surface area (Å²) >= 11 is 0. The van der Waals surface area contributed by atoms with Crippen LogP contribution in [0.5, 0.6) is 5.75 Å². The Kier molecular flexibility index (Phi) is 11.3. The van der Waals surface area contributed by atoms with E-state index in [1.165, 1.54) is 27.0 Å². The number of benzene rings is 2. The SMILES string of the molecule is CCOC(=O)N1CCN(C(=O)C(CCC(=O)O)NC(=O)c2cc(OCC(=O)N3CCC[C@H]3c3ccc(C)c(C)c3)c3ccccc3n2)CC1. The van der Waals surface area contributed by atoms with Crippen LogP contribution in [0.2, 0.25) is 0 Å². The predicted octanol–water partition coefficient (Wildman–Crippen LogP) is 3.86. The fourth-order valence-corrected chi connectivity index (χ4v) is 6.29. The fraction of sp³-hybridized carbons (Fsp3) is 0.444. The van der Waals surface area contributed by atoms with E-state index in [-0.39, 0.29) is 75.6 Å². The van der Waals surface area contributed by atoms with E-state index in [1.54, 1.807) is 31.2 Å². The number of nitrogens with one attached hydrogen (secondary N) is 1. The summed E-state index contributed by atoms with van der Waals surface area (Å²) in [5, 5.41) is 12.6. The summed E-state index contributed by atoms with van der Waals surface area (Å²) in [6.45, 7) is 7.35. The second kappa shape index (κ2) is 15.8. The average molecular weight is 674 g/mol. The number of amides is 4. The highest BCUT2D eigenvalue weighted by atomic mass is 16.6. The van der Waals surface area contributed by atoms with Crippen LogP contribution < -0.4 is 10.1 Å². The van der Waals surface area contributed by atoms with Crippen LogP contribution in [0.3, 0.4) is 0 Å². The van der Waals surface area contributed by atoms with Gasteiger partial charge in [-0.2, -0.15) is 0 Å². The molecule has 2 aliphatic rings. The number of carbonyl (C=O) groups excluding carboxylic acids is 4. The Bertz CT molecular complexity index is 1720. The second-order valence-corrected chi connectivity index (χ2v) is 12.4. The van der Waals surface area contributed by atoms with Crippen molar-refractivity contribution in [3.8, 4) is 5.75 Å². The molecule has 1 aromatic heterocycles. The standard InChI is InChI=1S/C36H43N5O8/c1-4-48-36(47)40-18-16-39(17-19-40)35(46)28(13-14-33(43)44)38-34(45)29-21-31(26-8-5-6-9-27(26)37-29)49-22-32(42)41-15-7-10-30(41)25-12-11-23(2)24(3)20-25/h5-6,8-9,11-12,20-21,28,30H,4,7,10,13-19,22H2,1-3H3,(H,38,45)(H,43,44)/t28?,30-/m0/s1. The minimum Gasteiger partial charge on any atom is -0.483 e. The summed E-state index contributed by atoms with van der Waals surface area (Å²) in [5.41, 5.74) is 3.87. The van der Waals surface area contributed by atoms with Crippen molar-refractivity contribution in [2.24, 2.45) is 0 Å². The van der Waals surface area contributed by atoms with E-state index >= 15 is 0 Å². The van der Waals surface area contributed by atoms with Gasteiger partial charge in [0.2, 0.25) is 5.91 Å². The molecular formula is C36H43N5O8. The van der Waals surface area contributed by atoms with Crippen LogP contribution in [0.25, 0.3) is 10.9 Å². The molecule has 2 atom stereocenters. The third-order valence-corrected chi connectivity index (χ3v) is 9.12. The molecule has 0 aliphatic carbocycles. The van der Waals surface area contributed by atoms with Gasteiger partial charge in [0.05, 0.1) is 18.2 Å². The third-order valence-electron chi connectivity index (χ3n) is 9.12. The molecule has 1 unspecified atom stereocenters. The number of nitrogens with zero attached hydrogens (tertiary/aromatic N) is 4. The molecule has 2 saturated heterocycles. The first-order valence-corrected chi connectivity index (χ1v) is 16.7. The number of ether oxygens (including phenoxy) is 2. The van der Waals surface area contributed by atoms with E-state index in [2.05, 4.69) is 42.3 Å². The second-order valence-electron chi connectivity index (χ2n) is 12.4. The number of hydrogen-bond donors (Lipinski definition) is 2. The first kappa shape index (κ1) is 35.1. The van der Waals surface area contributed by atoms with Gasteiger partial charge in [-0.25, -0.2) is 9.78 Å². The van der Waals surface area contributed by atoms with Crippen molar-refractivity contribution in [3.63, 3.8) is 0 Å². The number of pyridine rings is 1. The van der Waals surface area contributed by atoms with E-state index in [1.807, 2.05) is 4.90 Å². The number of carboxylic acids is 1. The zero-order chi connectivity index (χ0) is 35.1. The first-order valence-electron chi connectivity index (χ1n) is 16.7. The lowest BCUT2D eigenvalue weighted by Crippen LogP contribution is -2.56.